The zero-order valence-electron chi connectivity index (χ0n) is 9.20. The molecule has 0 spiro atoms. The number of rotatable bonds is 5. The van der Waals surface area contributed by atoms with Crippen LogP contribution in [-0.2, 0) is 0 Å². The third-order valence-corrected chi connectivity index (χ3v) is 2.38. The summed E-state index contributed by atoms with van der Waals surface area (Å²) in [5, 5.41) is 12.2. The van der Waals surface area contributed by atoms with Crippen LogP contribution >= 0.6 is 0 Å². The normalized spacial score (nSPS) is 14.9. The second-order valence-electron chi connectivity index (χ2n) is 3.84. The first-order chi connectivity index (χ1) is 7.11. The van der Waals surface area contributed by atoms with E-state index in [0.29, 0.717) is 18.5 Å². The first-order valence-electron chi connectivity index (χ1n) is 5.27. The fourth-order valence-corrected chi connectivity index (χ4v) is 1.44. The Morgan fingerprint density at radius 1 is 1.33 bits per heavy atom. The van der Waals surface area contributed by atoms with Crippen LogP contribution in [-0.4, -0.2) is 17.8 Å². The minimum absolute atomic E-state index is 0.0232. The molecular formula is C12H18FNO. The SMILES string of the molecule is C[C@H](O)CCN[C@@H](C)c1ccccc1F. The minimum atomic E-state index is -0.315. The fraction of sp³-hybridized carbons (Fsp3) is 0.500. The number of nitrogens with one attached hydrogen (secondary N) is 1. The molecule has 0 unspecified atom stereocenters. The van der Waals surface area contributed by atoms with Crippen molar-refractivity contribution in [3.63, 3.8) is 0 Å². The van der Waals surface area contributed by atoms with E-state index in [4.69, 9.17) is 5.11 Å². The highest BCUT2D eigenvalue weighted by Crippen LogP contribution is 2.15. The van der Waals surface area contributed by atoms with E-state index in [2.05, 4.69) is 5.32 Å². The average Bonchev–Trinajstić information content (AvgIpc) is 2.17. The van der Waals surface area contributed by atoms with Crippen LogP contribution in [0.1, 0.15) is 31.9 Å². The lowest BCUT2D eigenvalue weighted by molar-refractivity contribution is 0.182. The molecule has 2 nitrogen and oxygen atoms in total. The van der Waals surface area contributed by atoms with Gasteiger partial charge in [0.05, 0.1) is 6.10 Å². The summed E-state index contributed by atoms with van der Waals surface area (Å²) >= 11 is 0. The zero-order valence-corrected chi connectivity index (χ0v) is 9.20. The summed E-state index contributed by atoms with van der Waals surface area (Å²) in [7, 11) is 0. The molecule has 0 aliphatic rings. The standard InChI is InChI=1S/C12H18FNO/c1-9(15)7-8-14-10(2)11-5-3-4-6-12(11)13/h3-6,9-10,14-15H,7-8H2,1-2H3/t9-,10-/m0/s1. The van der Waals surface area contributed by atoms with Crippen molar-refractivity contribution in [3.05, 3.63) is 35.6 Å². The monoisotopic (exact) mass is 211 g/mol. The van der Waals surface area contributed by atoms with Crippen molar-refractivity contribution in [3.8, 4) is 0 Å². The lowest BCUT2D eigenvalue weighted by Gasteiger charge is -2.15. The quantitative estimate of drug-likeness (QED) is 0.783. The van der Waals surface area contributed by atoms with E-state index in [1.165, 1.54) is 6.07 Å². The van der Waals surface area contributed by atoms with E-state index in [1.807, 2.05) is 13.0 Å². The Morgan fingerprint density at radius 2 is 2.00 bits per heavy atom. The highest BCUT2D eigenvalue weighted by atomic mass is 19.1. The molecule has 0 bridgehead atoms. The van der Waals surface area contributed by atoms with Crippen LogP contribution in [0.3, 0.4) is 0 Å². The molecule has 3 heteroatoms. The van der Waals surface area contributed by atoms with Gasteiger partial charge in [-0.2, -0.15) is 0 Å². The van der Waals surface area contributed by atoms with Gasteiger partial charge in [0, 0.05) is 11.6 Å². The first kappa shape index (κ1) is 12.1. The van der Waals surface area contributed by atoms with Gasteiger partial charge in [0.2, 0.25) is 0 Å². The molecule has 2 atom stereocenters. The molecule has 0 aromatic heterocycles. The Morgan fingerprint density at radius 3 is 2.60 bits per heavy atom. The number of halogens is 1. The number of hydrogen-bond acceptors (Lipinski definition) is 2. The Balaban J connectivity index is 2.47. The maximum Gasteiger partial charge on any atom is 0.127 e. The van der Waals surface area contributed by atoms with E-state index in [9.17, 15) is 4.39 Å². The molecular weight excluding hydrogens is 193 g/mol. The van der Waals surface area contributed by atoms with E-state index < -0.39 is 0 Å². The number of benzene rings is 1. The van der Waals surface area contributed by atoms with Crippen LogP contribution in [0.5, 0.6) is 0 Å². The largest absolute Gasteiger partial charge is 0.393 e. The van der Waals surface area contributed by atoms with Crippen LogP contribution in [0, 0.1) is 5.82 Å². The van der Waals surface area contributed by atoms with Crippen molar-refractivity contribution in [1.82, 2.24) is 5.32 Å². The summed E-state index contributed by atoms with van der Waals surface area (Å²) in [6, 6.07) is 6.72. The van der Waals surface area contributed by atoms with Crippen molar-refractivity contribution >= 4 is 0 Å². The van der Waals surface area contributed by atoms with Gasteiger partial charge in [0.15, 0.2) is 0 Å². The van der Waals surface area contributed by atoms with Gasteiger partial charge in [-0.15, -0.1) is 0 Å². The predicted octanol–water partition coefficient (Wildman–Crippen LogP) is 2.25. The van der Waals surface area contributed by atoms with E-state index in [1.54, 1.807) is 19.1 Å². The molecule has 1 aromatic rings. The molecule has 2 N–H and O–H groups in total. The predicted molar refractivity (Wildman–Crippen MR) is 59.1 cm³/mol. The molecule has 1 rings (SSSR count). The summed E-state index contributed by atoms with van der Waals surface area (Å²) in [5.41, 5.74) is 0.670. The molecule has 0 aliphatic carbocycles. The van der Waals surface area contributed by atoms with Gasteiger partial charge in [-0.05, 0) is 32.9 Å². The molecule has 0 radical (unpaired) electrons. The molecule has 0 aliphatic heterocycles. The van der Waals surface area contributed by atoms with Crippen molar-refractivity contribution in [2.75, 3.05) is 6.54 Å². The van der Waals surface area contributed by atoms with Gasteiger partial charge in [-0.25, -0.2) is 4.39 Å². The second kappa shape index (κ2) is 5.83. The van der Waals surface area contributed by atoms with E-state index in [0.717, 1.165) is 0 Å². The van der Waals surface area contributed by atoms with Crippen LogP contribution in [0.4, 0.5) is 4.39 Å². The molecule has 0 amide bonds. The average molecular weight is 211 g/mol. The minimum Gasteiger partial charge on any atom is -0.393 e. The van der Waals surface area contributed by atoms with Gasteiger partial charge >= 0.3 is 0 Å². The lowest BCUT2D eigenvalue weighted by Crippen LogP contribution is -2.23. The Bertz CT molecular complexity index is 301. The van der Waals surface area contributed by atoms with Crippen LogP contribution in [0.2, 0.25) is 0 Å². The van der Waals surface area contributed by atoms with Gasteiger partial charge in [-0.3, -0.25) is 0 Å². The summed E-state index contributed by atoms with van der Waals surface area (Å²) in [4.78, 5) is 0. The van der Waals surface area contributed by atoms with Crippen molar-refractivity contribution < 1.29 is 9.50 Å². The van der Waals surface area contributed by atoms with Crippen molar-refractivity contribution in [2.45, 2.75) is 32.4 Å². The highest BCUT2D eigenvalue weighted by Gasteiger charge is 2.09. The molecule has 0 saturated heterocycles. The Hall–Kier alpha value is -0.930. The van der Waals surface area contributed by atoms with Crippen molar-refractivity contribution in [1.29, 1.82) is 0 Å². The van der Waals surface area contributed by atoms with Gasteiger partial charge < -0.3 is 10.4 Å². The molecule has 15 heavy (non-hydrogen) atoms. The fourth-order valence-electron chi connectivity index (χ4n) is 1.44. The molecule has 0 fully saturated rings. The number of aliphatic hydroxyl groups is 1. The van der Waals surface area contributed by atoms with E-state index >= 15 is 0 Å². The summed E-state index contributed by atoms with van der Waals surface area (Å²) in [6.07, 6.45) is 0.365. The Labute approximate surface area is 90.1 Å². The highest BCUT2D eigenvalue weighted by molar-refractivity contribution is 5.20. The number of aliphatic hydroxyl groups excluding tert-OH is 1. The van der Waals surface area contributed by atoms with Crippen LogP contribution < -0.4 is 5.32 Å². The summed E-state index contributed by atoms with van der Waals surface area (Å²) < 4.78 is 13.3. The topological polar surface area (TPSA) is 32.3 Å². The zero-order chi connectivity index (χ0) is 11.3. The smallest absolute Gasteiger partial charge is 0.127 e. The third kappa shape index (κ3) is 3.98. The lowest BCUT2D eigenvalue weighted by atomic mass is 10.1. The van der Waals surface area contributed by atoms with Gasteiger partial charge in [0.1, 0.15) is 5.82 Å². The molecule has 0 saturated carbocycles. The summed E-state index contributed by atoms with van der Waals surface area (Å²) in [6.45, 7) is 4.35. The molecule has 0 heterocycles. The van der Waals surface area contributed by atoms with E-state index in [-0.39, 0.29) is 18.0 Å². The third-order valence-electron chi connectivity index (χ3n) is 2.38. The maximum absolute atomic E-state index is 13.3. The molecule has 84 valence electrons. The maximum atomic E-state index is 13.3. The Kier molecular flexibility index (Phi) is 4.72. The first-order valence-corrected chi connectivity index (χ1v) is 5.27. The van der Waals surface area contributed by atoms with Gasteiger partial charge in [-0.1, -0.05) is 18.2 Å². The van der Waals surface area contributed by atoms with Crippen LogP contribution in [0.25, 0.3) is 0 Å². The molecule has 1 aromatic carbocycles. The van der Waals surface area contributed by atoms with Crippen molar-refractivity contribution in [2.24, 2.45) is 0 Å². The second-order valence-corrected chi connectivity index (χ2v) is 3.84. The van der Waals surface area contributed by atoms with Crippen LogP contribution in [0.15, 0.2) is 24.3 Å². The van der Waals surface area contributed by atoms with Gasteiger partial charge in [0.25, 0.3) is 0 Å². The summed E-state index contributed by atoms with van der Waals surface area (Å²) in [5.74, 6) is -0.186. The number of hydrogen-bond donors (Lipinski definition) is 2.